The molecule has 0 aromatic rings. The van der Waals surface area contributed by atoms with Gasteiger partial charge in [-0.2, -0.15) is 5.26 Å². The molecule has 20 heavy (non-hydrogen) atoms. The highest BCUT2D eigenvalue weighted by Crippen LogP contribution is 2.63. The molecule has 110 valence electrons. The average Bonchev–Trinajstić information content (AvgIpc) is 2.33. The molecule has 0 saturated heterocycles. The number of carbonyl (C=O) groups excluding carboxylic acids is 1. The lowest BCUT2D eigenvalue weighted by Crippen LogP contribution is -2.50. The van der Waals surface area contributed by atoms with Crippen LogP contribution in [-0.2, 0) is 4.79 Å². The smallest absolute Gasteiger partial charge is 0.221 e. The summed E-state index contributed by atoms with van der Waals surface area (Å²) in [5, 5.41) is 12.6. The number of carbonyl (C=O) groups is 1. The summed E-state index contributed by atoms with van der Waals surface area (Å²) in [7, 11) is 0. The minimum atomic E-state index is -0.0744. The molecule has 0 aromatic heterocycles. The van der Waals surface area contributed by atoms with Crippen LogP contribution in [-0.4, -0.2) is 11.9 Å². The van der Waals surface area contributed by atoms with Crippen LogP contribution in [0, 0.1) is 40.4 Å². The van der Waals surface area contributed by atoms with Crippen LogP contribution >= 0.6 is 0 Å². The van der Waals surface area contributed by atoms with Crippen LogP contribution in [0.3, 0.4) is 0 Å². The Morgan fingerprint density at radius 2 is 1.70 bits per heavy atom. The van der Waals surface area contributed by atoms with E-state index in [9.17, 15) is 10.1 Å². The molecule has 0 spiro atoms. The molecular weight excluding hydrogens is 248 g/mol. The van der Waals surface area contributed by atoms with E-state index in [-0.39, 0.29) is 23.3 Å². The predicted octanol–water partition coefficient (Wildman–Crippen LogP) is 3.26. The number of rotatable bonds is 4. The first-order valence-corrected chi connectivity index (χ1v) is 8.20. The van der Waals surface area contributed by atoms with Gasteiger partial charge in [0.2, 0.25) is 5.91 Å². The van der Waals surface area contributed by atoms with Crippen molar-refractivity contribution in [3.05, 3.63) is 0 Å². The molecule has 3 nitrogen and oxygen atoms in total. The molecule has 1 unspecified atom stereocenters. The zero-order chi connectivity index (χ0) is 14.3. The first-order valence-electron chi connectivity index (χ1n) is 8.20. The maximum atomic E-state index is 12.1. The summed E-state index contributed by atoms with van der Waals surface area (Å²) in [6, 6.07) is 2.67. The minimum absolute atomic E-state index is 0.0577. The SMILES string of the molecule is CC(C)NC(=O)CC(C#N)C12CC3CC(CC(C3)C1)C2. The molecule has 1 atom stereocenters. The van der Waals surface area contributed by atoms with E-state index in [1.165, 1.54) is 38.5 Å². The fraction of sp³-hybridized carbons (Fsp3) is 0.882. The van der Waals surface area contributed by atoms with Gasteiger partial charge in [0, 0.05) is 12.5 Å². The summed E-state index contributed by atoms with van der Waals surface area (Å²) < 4.78 is 0. The van der Waals surface area contributed by atoms with E-state index in [1.54, 1.807) is 0 Å². The molecule has 0 aliphatic heterocycles. The van der Waals surface area contributed by atoms with Gasteiger partial charge in [-0.3, -0.25) is 4.79 Å². The molecule has 4 fully saturated rings. The molecule has 4 aliphatic rings. The Balaban J connectivity index is 1.73. The van der Waals surface area contributed by atoms with Crippen molar-refractivity contribution in [2.24, 2.45) is 29.1 Å². The third-order valence-corrected chi connectivity index (χ3v) is 5.82. The highest BCUT2D eigenvalue weighted by molar-refractivity contribution is 5.76. The third-order valence-electron chi connectivity index (χ3n) is 5.82. The number of hydrogen-bond donors (Lipinski definition) is 1. The van der Waals surface area contributed by atoms with Crippen molar-refractivity contribution in [2.75, 3.05) is 0 Å². The Hall–Kier alpha value is -1.04. The van der Waals surface area contributed by atoms with Gasteiger partial charge < -0.3 is 5.32 Å². The van der Waals surface area contributed by atoms with Crippen molar-refractivity contribution in [2.45, 2.75) is 64.8 Å². The molecule has 4 saturated carbocycles. The van der Waals surface area contributed by atoms with Crippen molar-refractivity contribution < 1.29 is 4.79 Å². The standard InChI is InChI=1S/C17H26N2O/c1-11(2)19-16(20)6-15(10-18)17-7-12-3-13(8-17)5-14(4-12)9-17/h11-15H,3-9H2,1-2H3,(H,19,20). The lowest BCUT2D eigenvalue weighted by Gasteiger charge is -2.58. The van der Waals surface area contributed by atoms with Crippen molar-refractivity contribution in [1.29, 1.82) is 5.26 Å². The van der Waals surface area contributed by atoms with Crippen LogP contribution in [0.4, 0.5) is 0 Å². The van der Waals surface area contributed by atoms with Crippen LogP contribution in [0.2, 0.25) is 0 Å². The molecule has 1 amide bonds. The first kappa shape index (κ1) is 13.9. The van der Waals surface area contributed by atoms with Crippen molar-refractivity contribution in [3.63, 3.8) is 0 Å². The van der Waals surface area contributed by atoms with Gasteiger partial charge in [-0.25, -0.2) is 0 Å². The summed E-state index contributed by atoms with van der Waals surface area (Å²) in [5.74, 6) is 2.50. The van der Waals surface area contributed by atoms with Crippen LogP contribution in [0.25, 0.3) is 0 Å². The van der Waals surface area contributed by atoms with Crippen molar-refractivity contribution in [1.82, 2.24) is 5.32 Å². The summed E-state index contributed by atoms with van der Waals surface area (Å²) in [6.45, 7) is 3.95. The second kappa shape index (κ2) is 5.06. The highest BCUT2D eigenvalue weighted by atomic mass is 16.1. The lowest BCUT2D eigenvalue weighted by molar-refractivity contribution is -0.126. The molecule has 0 aromatic carbocycles. The summed E-state index contributed by atoms with van der Waals surface area (Å²) in [5.41, 5.74) is 0.165. The van der Waals surface area contributed by atoms with Gasteiger partial charge in [0.25, 0.3) is 0 Å². The molecular formula is C17H26N2O. The van der Waals surface area contributed by atoms with Gasteiger partial charge in [0.1, 0.15) is 0 Å². The van der Waals surface area contributed by atoms with Crippen molar-refractivity contribution in [3.8, 4) is 6.07 Å². The zero-order valence-corrected chi connectivity index (χ0v) is 12.7. The first-order chi connectivity index (χ1) is 9.50. The Morgan fingerprint density at radius 1 is 1.20 bits per heavy atom. The molecule has 1 N–H and O–H groups in total. The van der Waals surface area contributed by atoms with Gasteiger partial charge in [0.15, 0.2) is 0 Å². The Kier molecular flexibility index (Phi) is 3.52. The maximum Gasteiger partial charge on any atom is 0.221 e. The average molecular weight is 274 g/mol. The topological polar surface area (TPSA) is 52.9 Å². The molecule has 4 bridgehead atoms. The lowest BCUT2D eigenvalue weighted by atomic mass is 9.46. The monoisotopic (exact) mass is 274 g/mol. The summed E-state index contributed by atoms with van der Waals surface area (Å²) in [4.78, 5) is 12.1. The van der Waals surface area contributed by atoms with Crippen LogP contribution in [0.15, 0.2) is 0 Å². The van der Waals surface area contributed by atoms with E-state index >= 15 is 0 Å². The predicted molar refractivity (Wildman–Crippen MR) is 77.6 cm³/mol. The fourth-order valence-corrected chi connectivity index (χ4v) is 5.57. The summed E-state index contributed by atoms with van der Waals surface area (Å²) >= 11 is 0. The Morgan fingerprint density at radius 3 is 2.10 bits per heavy atom. The van der Waals surface area contributed by atoms with Crippen molar-refractivity contribution >= 4 is 5.91 Å². The van der Waals surface area contributed by atoms with Gasteiger partial charge in [-0.15, -0.1) is 0 Å². The number of nitriles is 1. The van der Waals surface area contributed by atoms with E-state index in [2.05, 4.69) is 11.4 Å². The second-order valence-corrected chi connectivity index (χ2v) is 7.89. The second-order valence-electron chi connectivity index (χ2n) is 7.89. The fourth-order valence-electron chi connectivity index (χ4n) is 5.57. The van der Waals surface area contributed by atoms with Gasteiger partial charge >= 0.3 is 0 Å². The van der Waals surface area contributed by atoms with E-state index < -0.39 is 0 Å². The molecule has 4 rings (SSSR count). The minimum Gasteiger partial charge on any atom is -0.354 e. The van der Waals surface area contributed by atoms with Gasteiger partial charge in [-0.05, 0) is 75.5 Å². The zero-order valence-electron chi connectivity index (χ0n) is 12.7. The van der Waals surface area contributed by atoms with E-state index in [1.807, 2.05) is 13.8 Å². The Bertz CT molecular complexity index is 399. The number of hydrogen-bond acceptors (Lipinski definition) is 2. The summed E-state index contributed by atoms with van der Waals surface area (Å²) in [6.07, 6.45) is 8.16. The number of amides is 1. The van der Waals surface area contributed by atoms with Crippen LogP contribution in [0.1, 0.15) is 58.8 Å². The number of nitrogens with zero attached hydrogens (tertiary/aromatic N) is 1. The molecule has 3 heteroatoms. The quantitative estimate of drug-likeness (QED) is 0.855. The normalized spacial score (nSPS) is 39.6. The van der Waals surface area contributed by atoms with E-state index in [4.69, 9.17) is 0 Å². The molecule has 4 aliphatic carbocycles. The van der Waals surface area contributed by atoms with Gasteiger partial charge in [-0.1, -0.05) is 0 Å². The molecule has 0 heterocycles. The largest absolute Gasteiger partial charge is 0.354 e. The third kappa shape index (κ3) is 2.45. The molecule has 0 radical (unpaired) electrons. The number of nitrogens with one attached hydrogen (secondary N) is 1. The van der Waals surface area contributed by atoms with E-state index in [0.717, 1.165) is 17.8 Å². The van der Waals surface area contributed by atoms with Gasteiger partial charge in [0.05, 0.1) is 12.0 Å². The van der Waals surface area contributed by atoms with E-state index in [0.29, 0.717) is 6.42 Å². The van der Waals surface area contributed by atoms with Crippen LogP contribution in [0.5, 0.6) is 0 Å². The highest BCUT2D eigenvalue weighted by Gasteiger charge is 2.54. The Labute approximate surface area is 122 Å². The maximum absolute atomic E-state index is 12.1. The van der Waals surface area contributed by atoms with Crippen LogP contribution < -0.4 is 5.32 Å².